The summed E-state index contributed by atoms with van der Waals surface area (Å²) in [5.41, 5.74) is 1.73. The zero-order valence-corrected chi connectivity index (χ0v) is 13.2. The van der Waals surface area contributed by atoms with Crippen LogP contribution < -0.4 is 10.1 Å². The number of nitrogens with zero attached hydrogens (tertiary/aromatic N) is 2. The van der Waals surface area contributed by atoms with Crippen molar-refractivity contribution in [3.05, 3.63) is 40.1 Å². The lowest BCUT2D eigenvalue weighted by molar-refractivity contribution is -0.120. The number of aromatic nitrogens is 2. The fourth-order valence-electron chi connectivity index (χ4n) is 1.72. The topological polar surface area (TPSA) is 64.1 Å². The molecular weight excluding hydrogens is 286 g/mol. The second kappa shape index (κ2) is 7.17. The van der Waals surface area contributed by atoms with E-state index in [0.717, 1.165) is 22.1 Å². The number of thiazole rings is 1. The van der Waals surface area contributed by atoms with Crippen LogP contribution in [0.4, 0.5) is 0 Å². The van der Waals surface area contributed by atoms with Crippen molar-refractivity contribution < 1.29 is 9.53 Å². The van der Waals surface area contributed by atoms with E-state index in [1.807, 2.05) is 38.3 Å². The van der Waals surface area contributed by atoms with Crippen molar-refractivity contribution in [3.8, 4) is 5.75 Å². The minimum Gasteiger partial charge on any atom is -0.485 e. The molecule has 0 saturated heterocycles. The molecule has 0 aromatic carbocycles. The van der Waals surface area contributed by atoms with Gasteiger partial charge in [-0.2, -0.15) is 0 Å². The summed E-state index contributed by atoms with van der Waals surface area (Å²) in [6.45, 7) is 6.20. The fourth-order valence-corrected chi connectivity index (χ4v) is 2.42. The molecule has 1 N–H and O–H groups in total. The average molecular weight is 305 g/mol. The first kappa shape index (κ1) is 15.4. The van der Waals surface area contributed by atoms with Crippen LogP contribution in [0.1, 0.15) is 30.2 Å². The zero-order chi connectivity index (χ0) is 15.2. The van der Waals surface area contributed by atoms with Gasteiger partial charge in [-0.25, -0.2) is 4.98 Å². The fraction of sp³-hybridized carbons (Fsp3) is 0.400. The van der Waals surface area contributed by atoms with Gasteiger partial charge >= 0.3 is 0 Å². The van der Waals surface area contributed by atoms with Crippen LogP contribution in [0, 0.1) is 6.92 Å². The zero-order valence-electron chi connectivity index (χ0n) is 12.4. The molecule has 1 amide bonds. The third-order valence-corrected chi connectivity index (χ3v) is 3.51. The summed E-state index contributed by atoms with van der Waals surface area (Å²) in [5.74, 6) is 0.709. The summed E-state index contributed by atoms with van der Waals surface area (Å²) in [6, 6.07) is 3.93. The number of carbonyl (C=O) groups is 1. The number of pyridine rings is 1. The highest BCUT2D eigenvalue weighted by Gasteiger charge is 2.09. The van der Waals surface area contributed by atoms with Gasteiger partial charge in [-0.05, 0) is 32.9 Å². The van der Waals surface area contributed by atoms with Gasteiger partial charge in [0.05, 0.1) is 18.3 Å². The van der Waals surface area contributed by atoms with Crippen LogP contribution in [0.2, 0.25) is 0 Å². The molecule has 2 aromatic rings. The molecule has 0 fully saturated rings. The molecule has 0 aliphatic heterocycles. The highest BCUT2D eigenvalue weighted by atomic mass is 32.1. The van der Waals surface area contributed by atoms with Gasteiger partial charge in [0.2, 0.25) is 5.91 Å². The minimum absolute atomic E-state index is 0.00879. The maximum absolute atomic E-state index is 11.7. The second-order valence-corrected chi connectivity index (χ2v) is 6.00. The van der Waals surface area contributed by atoms with Gasteiger partial charge in [-0.15, -0.1) is 11.3 Å². The highest BCUT2D eigenvalue weighted by molar-refractivity contribution is 7.09. The van der Waals surface area contributed by atoms with E-state index in [0.29, 0.717) is 13.0 Å². The molecule has 2 heterocycles. The lowest BCUT2D eigenvalue weighted by Crippen LogP contribution is -2.31. The Morgan fingerprint density at radius 1 is 1.43 bits per heavy atom. The molecule has 2 aromatic heterocycles. The van der Waals surface area contributed by atoms with Gasteiger partial charge in [0.1, 0.15) is 17.4 Å². The third-order valence-electron chi connectivity index (χ3n) is 2.64. The Balaban J connectivity index is 1.85. The van der Waals surface area contributed by atoms with E-state index in [2.05, 4.69) is 15.3 Å². The molecule has 0 spiro atoms. The van der Waals surface area contributed by atoms with Crippen LogP contribution >= 0.6 is 11.3 Å². The predicted octanol–water partition coefficient (Wildman–Crippen LogP) is 2.49. The van der Waals surface area contributed by atoms with Crippen LogP contribution in [0.3, 0.4) is 0 Å². The molecule has 6 heteroatoms. The molecular formula is C15H19N3O2S. The number of hydrogen-bond donors (Lipinski definition) is 1. The van der Waals surface area contributed by atoms with Crippen LogP contribution in [-0.4, -0.2) is 21.9 Å². The highest BCUT2D eigenvalue weighted by Crippen LogP contribution is 2.15. The summed E-state index contributed by atoms with van der Waals surface area (Å²) >= 11 is 1.50. The van der Waals surface area contributed by atoms with Gasteiger partial charge in [0.25, 0.3) is 0 Å². The van der Waals surface area contributed by atoms with Gasteiger partial charge in [-0.1, -0.05) is 0 Å². The lowest BCUT2D eigenvalue weighted by Gasteiger charge is -2.06. The van der Waals surface area contributed by atoms with Gasteiger partial charge in [-0.3, -0.25) is 9.78 Å². The van der Waals surface area contributed by atoms with Crippen LogP contribution in [0.15, 0.2) is 23.7 Å². The summed E-state index contributed by atoms with van der Waals surface area (Å²) in [5, 5.41) is 5.59. The van der Waals surface area contributed by atoms with Crippen molar-refractivity contribution in [2.45, 2.75) is 39.8 Å². The molecule has 0 radical (unpaired) electrons. The van der Waals surface area contributed by atoms with E-state index in [-0.39, 0.29) is 11.9 Å². The Labute approximate surface area is 128 Å². The molecule has 0 aliphatic rings. The SMILES string of the molecule is Cc1ccc(OCc2nc(CC(=O)NC(C)C)cs2)cn1. The van der Waals surface area contributed by atoms with E-state index < -0.39 is 0 Å². The quantitative estimate of drug-likeness (QED) is 0.890. The summed E-state index contributed by atoms with van der Waals surface area (Å²) in [7, 11) is 0. The lowest BCUT2D eigenvalue weighted by atomic mass is 10.3. The number of carbonyl (C=O) groups excluding carboxylic acids is 1. The normalized spacial score (nSPS) is 10.7. The first-order chi connectivity index (χ1) is 10.0. The number of rotatable bonds is 6. The predicted molar refractivity (Wildman–Crippen MR) is 82.4 cm³/mol. The number of nitrogens with one attached hydrogen (secondary N) is 1. The Kier molecular flexibility index (Phi) is 5.27. The van der Waals surface area contributed by atoms with E-state index in [1.165, 1.54) is 11.3 Å². The van der Waals surface area contributed by atoms with Crippen molar-refractivity contribution in [3.63, 3.8) is 0 Å². The van der Waals surface area contributed by atoms with E-state index in [1.54, 1.807) is 6.20 Å². The maximum atomic E-state index is 11.7. The molecule has 112 valence electrons. The second-order valence-electron chi connectivity index (χ2n) is 5.06. The Hall–Kier alpha value is -1.95. The number of aryl methyl sites for hydroxylation is 1. The molecule has 0 saturated carbocycles. The Morgan fingerprint density at radius 3 is 2.90 bits per heavy atom. The summed E-state index contributed by atoms with van der Waals surface area (Å²) < 4.78 is 5.61. The molecule has 0 bridgehead atoms. The molecule has 2 rings (SSSR count). The van der Waals surface area contributed by atoms with E-state index >= 15 is 0 Å². The molecule has 21 heavy (non-hydrogen) atoms. The van der Waals surface area contributed by atoms with Crippen LogP contribution in [-0.2, 0) is 17.8 Å². The van der Waals surface area contributed by atoms with Gasteiger partial charge < -0.3 is 10.1 Å². The van der Waals surface area contributed by atoms with Crippen LogP contribution in [0.25, 0.3) is 0 Å². The third kappa shape index (κ3) is 5.15. The van der Waals surface area contributed by atoms with Crippen LogP contribution in [0.5, 0.6) is 5.75 Å². The number of hydrogen-bond acceptors (Lipinski definition) is 5. The van der Waals surface area contributed by atoms with Crippen molar-refractivity contribution in [2.75, 3.05) is 0 Å². The minimum atomic E-state index is -0.00879. The largest absolute Gasteiger partial charge is 0.485 e. The van der Waals surface area contributed by atoms with E-state index in [4.69, 9.17) is 4.74 Å². The van der Waals surface area contributed by atoms with Crippen molar-refractivity contribution in [1.82, 2.24) is 15.3 Å². The summed E-state index contributed by atoms with van der Waals surface area (Å²) in [4.78, 5) is 20.2. The van der Waals surface area contributed by atoms with Gasteiger partial charge in [0.15, 0.2) is 0 Å². The van der Waals surface area contributed by atoms with Crippen molar-refractivity contribution >= 4 is 17.2 Å². The van der Waals surface area contributed by atoms with Gasteiger partial charge in [0, 0.05) is 17.1 Å². The first-order valence-corrected chi connectivity index (χ1v) is 7.69. The molecule has 0 unspecified atom stereocenters. The number of ether oxygens (including phenoxy) is 1. The van der Waals surface area contributed by atoms with E-state index in [9.17, 15) is 4.79 Å². The first-order valence-electron chi connectivity index (χ1n) is 6.81. The molecule has 0 atom stereocenters. The smallest absolute Gasteiger partial charge is 0.226 e. The maximum Gasteiger partial charge on any atom is 0.226 e. The summed E-state index contributed by atoms with van der Waals surface area (Å²) in [6.07, 6.45) is 2.00. The van der Waals surface area contributed by atoms with Crippen molar-refractivity contribution in [2.24, 2.45) is 0 Å². The molecule has 0 aliphatic carbocycles. The molecule has 5 nitrogen and oxygen atoms in total. The standard InChI is InChI=1S/C15H19N3O2S/c1-10(2)17-14(19)6-12-9-21-15(18-12)8-20-13-5-4-11(3)16-7-13/h4-5,7,9-10H,6,8H2,1-3H3,(H,17,19). The average Bonchev–Trinajstić information content (AvgIpc) is 2.84. The monoisotopic (exact) mass is 305 g/mol. The van der Waals surface area contributed by atoms with Crippen molar-refractivity contribution in [1.29, 1.82) is 0 Å². The Morgan fingerprint density at radius 2 is 2.24 bits per heavy atom. The Bertz CT molecular complexity index is 593. The number of amides is 1.